The number of rotatable bonds is 0. The third kappa shape index (κ3) is 2.89. The van der Waals surface area contributed by atoms with Gasteiger partial charge in [0, 0.05) is 36.9 Å². The highest BCUT2D eigenvalue weighted by Crippen LogP contribution is 2.67. The molecule has 0 radical (unpaired) electrons. The van der Waals surface area contributed by atoms with E-state index >= 15 is 0 Å². The number of fused-ring (bicyclic) bond motifs is 7. The molecule has 4 saturated carbocycles. The first-order valence-corrected chi connectivity index (χ1v) is 13.7. The highest BCUT2D eigenvalue weighted by Gasteiger charge is 2.74. The number of Topliss-reactive ketones (excluding diaryl/α,β-unsaturated/α-hetero) is 1. The van der Waals surface area contributed by atoms with E-state index in [1.807, 2.05) is 6.92 Å². The molecule has 0 aromatic rings. The van der Waals surface area contributed by atoms with Crippen LogP contribution in [0.1, 0.15) is 65.7 Å². The zero-order valence-electron chi connectivity index (χ0n) is 20.8. The molecule has 0 bridgehead atoms. The van der Waals surface area contributed by atoms with E-state index in [1.165, 1.54) is 0 Å². The smallest absolute Gasteiger partial charge is 0.165 e. The summed E-state index contributed by atoms with van der Waals surface area (Å²) in [5.74, 6) is -1.54. The summed E-state index contributed by atoms with van der Waals surface area (Å²) in [5.41, 5.74) is -3.13. The molecule has 7 nitrogen and oxygen atoms in total. The van der Waals surface area contributed by atoms with E-state index in [9.17, 15) is 30.3 Å². The summed E-state index contributed by atoms with van der Waals surface area (Å²) in [6.45, 7) is 7.96. The maximum atomic E-state index is 13.4. The van der Waals surface area contributed by atoms with Crippen molar-refractivity contribution in [3.63, 3.8) is 0 Å². The predicted octanol–water partition coefficient (Wildman–Crippen LogP) is 0.943. The molecule has 2 aliphatic heterocycles. The second-order valence-corrected chi connectivity index (χ2v) is 13.6. The third-order valence-electron chi connectivity index (χ3n) is 11.9. The first kappa shape index (κ1) is 23.8. The molecular weight excluding hydrogens is 434 g/mol. The molecule has 34 heavy (non-hydrogen) atoms. The van der Waals surface area contributed by atoms with Gasteiger partial charge >= 0.3 is 0 Å². The van der Waals surface area contributed by atoms with Gasteiger partial charge in [-0.25, -0.2) is 0 Å². The average molecular weight is 478 g/mol. The minimum absolute atomic E-state index is 0.0448. The first-order chi connectivity index (χ1) is 15.9. The zero-order chi connectivity index (χ0) is 24.4. The number of ketones is 1. The number of carbonyl (C=O) groups is 1. The van der Waals surface area contributed by atoms with Crippen molar-refractivity contribution in [1.82, 2.24) is 4.90 Å². The summed E-state index contributed by atoms with van der Waals surface area (Å²) in [6.07, 6.45) is 1.93. The second-order valence-electron chi connectivity index (χ2n) is 13.6. The molecule has 192 valence electrons. The van der Waals surface area contributed by atoms with Crippen molar-refractivity contribution in [2.75, 3.05) is 13.1 Å². The standard InChI is InChI=1S/C27H43NO6/c1-13-4-5-19-26(3,33)20-14(12-28(19)11-13)8-15-9-17-21(27(15,34)24(20)32)23(31)22(30)18-10-16(29)6-7-25(17,18)2/h13-21,23-24,29,31-34H,4-12H2,1-3H3/t13-,14-,15+,16-,17-,18+,19-,20-,21-,23-,24+,25+,26+,27-/m0/s1. The van der Waals surface area contributed by atoms with E-state index in [1.54, 1.807) is 0 Å². The Morgan fingerprint density at radius 3 is 2.41 bits per heavy atom. The Kier molecular flexibility index (Phi) is 5.24. The van der Waals surface area contributed by atoms with Crippen molar-refractivity contribution in [3.05, 3.63) is 0 Å². The number of nitrogens with zero attached hydrogens (tertiary/aromatic N) is 1. The van der Waals surface area contributed by atoms with Gasteiger partial charge in [0.25, 0.3) is 0 Å². The molecule has 0 aromatic carbocycles. The lowest BCUT2D eigenvalue weighted by atomic mass is 9.49. The summed E-state index contributed by atoms with van der Waals surface area (Å²) in [5, 5.41) is 57.6. The van der Waals surface area contributed by atoms with Crippen molar-refractivity contribution in [1.29, 1.82) is 0 Å². The number of aliphatic hydroxyl groups is 5. The van der Waals surface area contributed by atoms with E-state index in [-0.39, 0.29) is 29.6 Å². The fourth-order valence-corrected chi connectivity index (χ4v) is 10.4. The molecule has 6 rings (SSSR count). The van der Waals surface area contributed by atoms with E-state index < -0.39 is 52.7 Å². The van der Waals surface area contributed by atoms with Gasteiger partial charge in [-0.15, -0.1) is 0 Å². The molecular formula is C27H43NO6. The second kappa shape index (κ2) is 7.48. The van der Waals surface area contributed by atoms with Gasteiger partial charge in [-0.3, -0.25) is 9.69 Å². The van der Waals surface area contributed by atoms with Gasteiger partial charge in [-0.2, -0.15) is 0 Å². The minimum atomic E-state index is -1.58. The van der Waals surface area contributed by atoms with Crippen molar-refractivity contribution >= 4 is 5.78 Å². The lowest BCUT2D eigenvalue weighted by Crippen LogP contribution is -2.74. The van der Waals surface area contributed by atoms with E-state index in [4.69, 9.17) is 0 Å². The lowest BCUT2D eigenvalue weighted by molar-refractivity contribution is -0.266. The van der Waals surface area contributed by atoms with Gasteiger partial charge < -0.3 is 25.5 Å². The number of piperidine rings is 2. The zero-order valence-corrected chi connectivity index (χ0v) is 20.8. The van der Waals surface area contributed by atoms with Crippen molar-refractivity contribution in [3.8, 4) is 0 Å². The van der Waals surface area contributed by atoms with E-state index in [0.717, 1.165) is 25.9 Å². The van der Waals surface area contributed by atoms with Crippen LogP contribution in [0.25, 0.3) is 0 Å². The molecule has 2 heterocycles. The van der Waals surface area contributed by atoms with Crippen molar-refractivity contribution < 1.29 is 30.3 Å². The van der Waals surface area contributed by atoms with Crippen LogP contribution in [0.4, 0.5) is 0 Å². The summed E-state index contributed by atoms with van der Waals surface area (Å²) in [4.78, 5) is 15.8. The fraction of sp³-hybridized carbons (Fsp3) is 0.963. The Morgan fingerprint density at radius 2 is 1.68 bits per heavy atom. The van der Waals surface area contributed by atoms with Crippen molar-refractivity contribution in [2.45, 2.75) is 101 Å². The van der Waals surface area contributed by atoms with Gasteiger partial charge in [0.05, 0.1) is 23.4 Å². The Morgan fingerprint density at radius 1 is 0.941 bits per heavy atom. The number of hydrogen-bond acceptors (Lipinski definition) is 7. The highest BCUT2D eigenvalue weighted by atomic mass is 16.4. The van der Waals surface area contributed by atoms with Crippen LogP contribution in [0.15, 0.2) is 0 Å². The molecule has 7 heteroatoms. The van der Waals surface area contributed by atoms with Gasteiger partial charge in [0.1, 0.15) is 6.10 Å². The average Bonchev–Trinajstić information content (AvgIpc) is 3.07. The van der Waals surface area contributed by atoms with Crippen LogP contribution in [0.3, 0.4) is 0 Å². The third-order valence-corrected chi connectivity index (χ3v) is 11.9. The molecule has 2 saturated heterocycles. The molecule has 6 aliphatic rings. The Hall–Kier alpha value is -0.570. The summed E-state index contributed by atoms with van der Waals surface area (Å²) in [6, 6.07) is -0.0448. The topological polar surface area (TPSA) is 121 Å². The normalized spacial score (nSPS) is 61.6. The fourth-order valence-electron chi connectivity index (χ4n) is 10.4. The van der Waals surface area contributed by atoms with E-state index in [2.05, 4.69) is 18.7 Å². The van der Waals surface area contributed by atoms with Crippen LogP contribution in [0.5, 0.6) is 0 Å². The minimum Gasteiger partial charge on any atom is -0.393 e. The van der Waals surface area contributed by atoms with E-state index in [0.29, 0.717) is 38.0 Å². The van der Waals surface area contributed by atoms with Crippen LogP contribution >= 0.6 is 0 Å². The van der Waals surface area contributed by atoms with Crippen LogP contribution in [-0.4, -0.2) is 84.9 Å². The van der Waals surface area contributed by atoms with Crippen LogP contribution in [0.2, 0.25) is 0 Å². The highest BCUT2D eigenvalue weighted by molar-refractivity contribution is 5.88. The summed E-state index contributed by atoms with van der Waals surface area (Å²) < 4.78 is 0. The molecule has 6 fully saturated rings. The maximum Gasteiger partial charge on any atom is 0.165 e. The molecule has 14 atom stereocenters. The molecule has 0 aromatic heterocycles. The Balaban J connectivity index is 1.38. The van der Waals surface area contributed by atoms with Crippen LogP contribution in [0, 0.1) is 46.8 Å². The lowest BCUT2D eigenvalue weighted by Gasteiger charge is -2.63. The van der Waals surface area contributed by atoms with Gasteiger partial charge in [-0.1, -0.05) is 13.8 Å². The predicted molar refractivity (Wildman–Crippen MR) is 124 cm³/mol. The first-order valence-electron chi connectivity index (χ1n) is 13.7. The summed E-state index contributed by atoms with van der Waals surface area (Å²) in [7, 11) is 0. The van der Waals surface area contributed by atoms with Crippen molar-refractivity contribution in [2.24, 2.45) is 46.8 Å². The Labute approximate surface area is 202 Å². The van der Waals surface area contributed by atoms with Crippen LogP contribution < -0.4 is 0 Å². The summed E-state index contributed by atoms with van der Waals surface area (Å²) >= 11 is 0. The molecule has 0 amide bonds. The maximum absolute atomic E-state index is 13.4. The molecule has 0 spiro atoms. The quantitative estimate of drug-likeness (QED) is 0.352. The number of carbonyl (C=O) groups excluding carboxylic acids is 1. The molecule has 0 unspecified atom stereocenters. The Bertz CT molecular complexity index is 864. The number of hydrogen-bond donors (Lipinski definition) is 5. The SMILES string of the molecule is C[C@H]1CC[C@@H]2N(C1)C[C@@H]1C[C@@H]3C[C@H]4[C@@H]([C@H](O)C(=O)[C@H]5C[C@@H](O)CC[C@@]54C)[C@]3(O)[C@H](O)[C@H]1[C@]2(C)O. The van der Waals surface area contributed by atoms with Crippen LogP contribution in [-0.2, 0) is 4.79 Å². The molecule has 4 aliphatic carbocycles. The van der Waals surface area contributed by atoms with Gasteiger partial charge in [0.2, 0.25) is 0 Å². The number of aliphatic hydroxyl groups excluding tert-OH is 3. The van der Waals surface area contributed by atoms with Gasteiger partial charge in [-0.05, 0) is 81.0 Å². The monoisotopic (exact) mass is 477 g/mol. The van der Waals surface area contributed by atoms with Gasteiger partial charge in [0.15, 0.2) is 5.78 Å². The molecule has 5 N–H and O–H groups in total. The largest absolute Gasteiger partial charge is 0.393 e.